The molecule has 0 bridgehead atoms. The second-order valence-corrected chi connectivity index (χ2v) is 4.44. The molecular formula is C11H18N2O. The fraction of sp³-hybridized carbons (Fsp3) is 0.636. The normalized spacial score (nSPS) is 18.2. The van der Waals surface area contributed by atoms with E-state index in [2.05, 4.69) is 11.9 Å². The van der Waals surface area contributed by atoms with Crippen LogP contribution in [-0.2, 0) is 0 Å². The zero-order chi connectivity index (χ0) is 10.2. The predicted molar refractivity (Wildman–Crippen MR) is 57.4 cm³/mol. The molecule has 0 aromatic carbocycles. The van der Waals surface area contributed by atoms with Gasteiger partial charge in [0.2, 0.25) is 0 Å². The van der Waals surface area contributed by atoms with Gasteiger partial charge < -0.3 is 15.1 Å². The molecule has 1 aromatic rings. The first-order valence-electron chi connectivity index (χ1n) is 5.13. The van der Waals surface area contributed by atoms with Crippen LogP contribution in [0.2, 0.25) is 0 Å². The van der Waals surface area contributed by atoms with Crippen LogP contribution in [-0.4, -0.2) is 20.1 Å². The maximum atomic E-state index is 5.74. The predicted octanol–water partition coefficient (Wildman–Crippen LogP) is 1.76. The minimum Gasteiger partial charge on any atom is -0.446 e. The zero-order valence-electron chi connectivity index (χ0n) is 8.92. The molecule has 0 saturated heterocycles. The van der Waals surface area contributed by atoms with Crippen molar-refractivity contribution in [3.8, 4) is 0 Å². The van der Waals surface area contributed by atoms with Crippen LogP contribution in [0.1, 0.15) is 18.6 Å². The second-order valence-electron chi connectivity index (χ2n) is 4.44. The lowest BCUT2D eigenvalue weighted by atomic mass is 10.1. The summed E-state index contributed by atoms with van der Waals surface area (Å²) in [4.78, 5) is 2.16. The van der Waals surface area contributed by atoms with Gasteiger partial charge in [-0.15, -0.1) is 0 Å². The van der Waals surface area contributed by atoms with Crippen molar-refractivity contribution in [2.75, 3.05) is 25.0 Å². The fourth-order valence-corrected chi connectivity index (χ4v) is 1.81. The Kier molecular flexibility index (Phi) is 2.27. The van der Waals surface area contributed by atoms with E-state index >= 15 is 0 Å². The minimum atomic E-state index is 0.370. The highest BCUT2D eigenvalue weighted by atomic mass is 16.4. The van der Waals surface area contributed by atoms with Gasteiger partial charge in [-0.1, -0.05) is 0 Å². The Morgan fingerprint density at radius 3 is 2.64 bits per heavy atom. The molecule has 14 heavy (non-hydrogen) atoms. The molecule has 1 saturated carbocycles. The van der Waals surface area contributed by atoms with Gasteiger partial charge in [-0.25, -0.2) is 0 Å². The van der Waals surface area contributed by atoms with Crippen molar-refractivity contribution >= 4 is 5.88 Å². The summed E-state index contributed by atoms with van der Waals surface area (Å²) in [5, 5.41) is 0. The lowest BCUT2D eigenvalue weighted by Crippen LogP contribution is -2.31. The van der Waals surface area contributed by atoms with Crippen molar-refractivity contribution in [3.05, 3.63) is 17.9 Å². The molecule has 1 aromatic heterocycles. The number of aryl methyl sites for hydroxylation is 1. The van der Waals surface area contributed by atoms with E-state index in [-0.39, 0.29) is 0 Å². The maximum absolute atomic E-state index is 5.74. The van der Waals surface area contributed by atoms with Crippen LogP contribution in [0.4, 0.5) is 5.88 Å². The summed E-state index contributed by atoms with van der Waals surface area (Å²) in [6, 6.07) is 4.01. The van der Waals surface area contributed by atoms with Gasteiger partial charge >= 0.3 is 0 Å². The van der Waals surface area contributed by atoms with E-state index in [4.69, 9.17) is 10.2 Å². The summed E-state index contributed by atoms with van der Waals surface area (Å²) in [5.41, 5.74) is 6.11. The standard InChI is InChI=1S/C11H18N2O/c1-9-3-4-10(14-9)13(2)8-11(7-12)5-6-11/h3-4H,5-8,12H2,1-2H3. The number of nitrogens with two attached hydrogens (primary N) is 1. The third-order valence-electron chi connectivity index (χ3n) is 3.07. The van der Waals surface area contributed by atoms with Crippen molar-refractivity contribution in [2.45, 2.75) is 19.8 Å². The van der Waals surface area contributed by atoms with Gasteiger partial charge in [0, 0.05) is 25.1 Å². The van der Waals surface area contributed by atoms with E-state index < -0.39 is 0 Å². The second kappa shape index (κ2) is 3.31. The van der Waals surface area contributed by atoms with Crippen molar-refractivity contribution in [3.63, 3.8) is 0 Å². The SMILES string of the molecule is Cc1ccc(N(C)CC2(CN)CC2)o1. The van der Waals surface area contributed by atoms with Crippen LogP contribution in [0.25, 0.3) is 0 Å². The van der Waals surface area contributed by atoms with Crippen LogP contribution in [0, 0.1) is 12.3 Å². The molecule has 3 nitrogen and oxygen atoms in total. The van der Waals surface area contributed by atoms with Crippen LogP contribution in [0.3, 0.4) is 0 Å². The Labute approximate surface area is 84.9 Å². The van der Waals surface area contributed by atoms with Gasteiger partial charge in [0.15, 0.2) is 5.88 Å². The topological polar surface area (TPSA) is 42.4 Å². The molecule has 1 fully saturated rings. The third-order valence-corrected chi connectivity index (χ3v) is 3.07. The molecule has 0 unspecified atom stereocenters. The van der Waals surface area contributed by atoms with Crippen LogP contribution in [0.15, 0.2) is 16.5 Å². The van der Waals surface area contributed by atoms with Gasteiger partial charge in [0.05, 0.1) is 0 Å². The first-order valence-corrected chi connectivity index (χ1v) is 5.13. The molecule has 3 heteroatoms. The minimum absolute atomic E-state index is 0.370. The Bertz CT molecular complexity index is 315. The summed E-state index contributed by atoms with van der Waals surface area (Å²) in [6.45, 7) is 3.76. The lowest BCUT2D eigenvalue weighted by molar-refractivity contribution is 0.478. The fourth-order valence-electron chi connectivity index (χ4n) is 1.81. The summed E-state index contributed by atoms with van der Waals surface area (Å²) >= 11 is 0. The summed E-state index contributed by atoms with van der Waals surface area (Å²) in [6.07, 6.45) is 2.51. The largest absolute Gasteiger partial charge is 0.446 e. The average Bonchev–Trinajstić information content (AvgIpc) is 2.80. The van der Waals surface area contributed by atoms with Crippen LogP contribution in [0.5, 0.6) is 0 Å². The van der Waals surface area contributed by atoms with Gasteiger partial charge in [0.1, 0.15) is 5.76 Å². The zero-order valence-corrected chi connectivity index (χ0v) is 8.92. The van der Waals surface area contributed by atoms with Crippen LogP contribution < -0.4 is 10.6 Å². The molecule has 0 amide bonds. The first kappa shape index (κ1) is 9.59. The molecular weight excluding hydrogens is 176 g/mol. The van der Waals surface area contributed by atoms with E-state index in [0.717, 1.165) is 24.7 Å². The van der Waals surface area contributed by atoms with E-state index in [1.807, 2.05) is 19.1 Å². The Morgan fingerprint density at radius 2 is 2.21 bits per heavy atom. The first-order chi connectivity index (χ1) is 6.65. The number of hydrogen-bond acceptors (Lipinski definition) is 3. The molecule has 0 aliphatic heterocycles. The molecule has 0 spiro atoms. The van der Waals surface area contributed by atoms with E-state index in [9.17, 15) is 0 Å². The monoisotopic (exact) mass is 194 g/mol. The number of furan rings is 1. The Morgan fingerprint density at radius 1 is 1.50 bits per heavy atom. The molecule has 1 heterocycles. The van der Waals surface area contributed by atoms with Gasteiger partial charge in [0.25, 0.3) is 0 Å². The molecule has 0 radical (unpaired) electrons. The van der Waals surface area contributed by atoms with Crippen molar-refractivity contribution in [2.24, 2.45) is 11.1 Å². The number of nitrogens with zero attached hydrogens (tertiary/aromatic N) is 1. The highest BCUT2D eigenvalue weighted by Crippen LogP contribution is 2.45. The van der Waals surface area contributed by atoms with Crippen molar-refractivity contribution < 1.29 is 4.42 Å². The maximum Gasteiger partial charge on any atom is 0.195 e. The van der Waals surface area contributed by atoms with E-state index in [0.29, 0.717) is 5.41 Å². The highest BCUT2D eigenvalue weighted by molar-refractivity contribution is 5.36. The van der Waals surface area contributed by atoms with E-state index in [1.54, 1.807) is 0 Å². The molecule has 78 valence electrons. The lowest BCUT2D eigenvalue weighted by Gasteiger charge is -2.21. The molecule has 2 rings (SSSR count). The van der Waals surface area contributed by atoms with Crippen molar-refractivity contribution in [1.82, 2.24) is 0 Å². The van der Waals surface area contributed by atoms with Gasteiger partial charge in [-0.3, -0.25) is 0 Å². The summed E-state index contributed by atoms with van der Waals surface area (Å²) in [7, 11) is 2.06. The summed E-state index contributed by atoms with van der Waals surface area (Å²) < 4.78 is 5.55. The summed E-state index contributed by atoms with van der Waals surface area (Å²) in [5.74, 6) is 1.91. The quantitative estimate of drug-likeness (QED) is 0.794. The molecule has 0 atom stereocenters. The number of rotatable bonds is 4. The third kappa shape index (κ3) is 1.77. The van der Waals surface area contributed by atoms with Crippen LogP contribution >= 0.6 is 0 Å². The van der Waals surface area contributed by atoms with Crippen molar-refractivity contribution in [1.29, 1.82) is 0 Å². The Balaban J connectivity index is 1.99. The number of anilines is 1. The molecule has 1 aliphatic rings. The number of hydrogen-bond donors (Lipinski definition) is 1. The Hall–Kier alpha value is -0.960. The van der Waals surface area contributed by atoms with E-state index in [1.165, 1.54) is 12.8 Å². The average molecular weight is 194 g/mol. The van der Waals surface area contributed by atoms with Gasteiger partial charge in [-0.05, 0) is 32.4 Å². The molecule has 2 N–H and O–H groups in total. The molecule has 1 aliphatic carbocycles. The highest BCUT2D eigenvalue weighted by Gasteiger charge is 2.42. The smallest absolute Gasteiger partial charge is 0.195 e. The van der Waals surface area contributed by atoms with Gasteiger partial charge in [-0.2, -0.15) is 0 Å².